The van der Waals surface area contributed by atoms with Gasteiger partial charge in [0.1, 0.15) is 11.2 Å². The molecule has 11 rings (SSSR count). The van der Waals surface area contributed by atoms with Gasteiger partial charge in [-0.1, -0.05) is 133 Å². The molecule has 54 heavy (non-hydrogen) atoms. The van der Waals surface area contributed by atoms with Crippen LogP contribution in [0.4, 0.5) is 0 Å². The summed E-state index contributed by atoms with van der Waals surface area (Å²) in [5.74, 6) is 1.83. The molecule has 0 saturated heterocycles. The third-order valence-electron chi connectivity index (χ3n) is 10.4. The van der Waals surface area contributed by atoms with Crippen molar-refractivity contribution < 1.29 is 4.42 Å². The smallest absolute Gasteiger partial charge is 0.164 e. The van der Waals surface area contributed by atoms with E-state index in [1.807, 2.05) is 42.5 Å². The summed E-state index contributed by atoms with van der Waals surface area (Å²) < 4.78 is 8.89. The lowest BCUT2D eigenvalue weighted by Crippen LogP contribution is -2.00. The number of rotatable bonds is 5. The molecular weight excluding hydrogens is 661 g/mol. The van der Waals surface area contributed by atoms with Crippen LogP contribution in [0.5, 0.6) is 0 Å². The van der Waals surface area contributed by atoms with Gasteiger partial charge in [0, 0.05) is 43.9 Å². The second-order valence-corrected chi connectivity index (χ2v) is 13.7. The Labute approximate surface area is 310 Å². The highest BCUT2D eigenvalue weighted by Crippen LogP contribution is 2.38. The van der Waals surface area contributed by atoms with Gasteiger partial charge >= 0.3 is 0 Å². The standard InChI is InChI=1S/C49H30N4O/c1-3-11-31(12-4-1)32-19-21-34(22-20-32)48-50-47(33-13-5-2-6-14-33)51-49(52-48)37-23-25-40-42-30-38(24-26-45(42)54-46(40)29-37)53-43-18-10-9-17-39(43)41-27-35-15-7-8-16-36(35)28-44(41)53/h1-30H. The molecule has 3 aromatic heterocycles. The molecule has 0 bridgehead atoms. The minimum atomic E-state index is 0.589. The van der Waals surface area contributed by atoms with Gasteiger partial charge in [-0.05, 0) is 70.4 Å². The fourth-order valence-corrected chi connectivity index (χ4v) is 7.77. The molecule has 252 valence electrons. The third-order valence-corrected chi connectivity index (χ3v) is 10.4. The molecule has 5 heteroatoms. The Balaban J connectivity index is 1.03. The van der Waals surface area contributed by atoms with E-state index < -0.39 is 0 Å². The van der Waals surface area contributed by atoms with Crippen LogP contribution >= 0.6 is 0 Å². The molecule has 0 aliphatic rings. The van der Waals surface area contributed by atoms with Gasteiger partial charge in [0.2, 0.25) is 0 Å². The van der Waals surface area contributed by atoms with E-state index in [4.69, 9.17) is 19.4 Å². The zero-order valence-corrected chi connectivity index (χ0v) is 29.0. The number of para-hydroxylation sites is 1. The first kappa shape index (κ1) is 30.3. The van der Waals surface area contributed by atoms with E-state index >= 15 is 0 Å². The molecule has 0 radical (unpaired) electrons. The SMILES string of the molecule is c1ccc(-c2ccc(-c3nc(-c4ccccc4)nc(-c4ccc5c(c4)oc4ccc(-n6c7ccccc7c7cc8ccccc8cc76)cc45)n3)cc2)cc1. The van der Waals surface area contributed by atoms with Gasteiger partial charge in [0.05, 0.1) is 11.0 Å². The van der Waals surface area contributed by atoms with E-state index in [0.717, 1.165) is 49.9 Å². The maximum Gasteiger partial charge on any atom is 0.164 e. The zero-order chi connectivity index (χ0) is 35.6. The number of benzene rings is 8. The van der Waals surface area contributed by atoms with Crippen molar-refractivity contribution in [1.29, 1.82) is 0 Å². The summed E-state index contributed by atoms with van der Waals surface area (Å²) in [5, 5.41) is 7.03. The lowest BCUT2D eigenvalue weighted by Gasteiger charge is -2.09. The Bertz CT molecular complexity index is 3200. The molecule has 8 aromatic carbocycles. The van der Waals surface area contributed by atoms with Crippen molar-refractivity contribution in [2.75, 3.05) is 0 Å². The number of hydrogen-bond acceptors (Lipinski definition) is 4. The Kier molecular flexibility index (Phi) is 6.79. The summed E-state index contributed by atoms with van der Waals surface area (Å²) in [5.41, 5.74) is 10.1. The lowest BCUT2D eigenvalue weighted by molar-refractivity contribution is 0.669. The minimum absolute atomic E-state index is 0.589. The number of nitrogens with zero attached hydrogens (tertiary/aromatic N) is 4. The van der Waals surface area contributed by atoms with Crippen molar-refractivity contribution in [2.24, 2.45) is 0 Å². The van der Waals surface area contributed by atoms with Gasteiger partial charge in [0.15, 0.2) is 17.5 Å². The van der Waals surface area contributed by atoms with Crippen molar-refractivity contribution in [3.05, 3.63) is 182 Å². The molecule has 0 aliphatic carbocycles. The van der Waals surface area contributed by atoms with Gasteiger partial charge in [-0.25, -0.2) is 15.0 Å². The second kappa shape index (κ2) is 12.1. The van der Waals surface area contributed by atoms with E-state index in [0.29, 0.717) is 17.5 Å². The van der Waals surface area contributed by atoms with Crippen LogP contribution in [0.2, 0.25) is 0 Å². The van der Waals surface area contributed by atoms with Gasteiger partial charge in [-0.2, -0.15) is 0 Å². The normalized spacial score (nSPS) is 11.7. The monoisotopic (exact) mass is 690 g/mol. The molecule has 0 fully saturated rings. The van der Waals surface area contributed by atoms with Crippen LogP contribution in [0, 0.1) is 0 Å². The van der Waals surface area contributed by atoms with Crippen molar-refractivity contribution in [2.45, 2.75) is 0 Å². The summed E-state index contributed by atoms with van der Waals surface area (Å²) in [7, 11) is 0. The quantitative estimate of drug-likeness (QED) is 0.180. The van der Waals surface area contributed by atoms with Crippen LogP contribution in [0.15, 0.2) is 186 Å². The third kappa shape index (κ3) is 4.98. The van der Waals surface area contributed by atoms with Crippen molar-refractivity contribution in [3.63, 3.8) is 0 Å². The van der Waals surface area contributed by atoms with Gasteiger partial charge in [-0.15, -0.1) is 0 Å². The Morgan fingerprint density at radius 3 is 1.67 bits per heavy atom. The summed E-state index contributed by atoms with van der Waals surface area (Å²) in [6.07, 6.45) is 0. The molecule has 0 atom stereocenters. The predicted octanol–water partition coefficient (Wildman–Crippen LogP) is 12.7. The summed E-state index contributed by atoms with van der Waals surface area (Å²) in [6.45, 7) is 0. The van der Waals surface area contributed by atoms with Gasteiger partial charge in [0.25, 0.3) is 0 Å². The molecule has 0 spiro atoms. The van der Waals surface area contributed by atoms with Crippen molar-refractivity contribution >= 4 is 54.5 Å². The minimum Gasteiger partial charge on any atom is -0.456 e. The average molecular weight is 691 g/mol. The second-order valence-electron chi connectivity index (χ2n) is 13.7. The highest BCUT2D eigenvalue weighted by Gasteiger charge is 2.17. The molecule has 0 unspecified atom stereocenters. The fraction of sp³-hybridized carbons (Fsp3) is 0. The molecule has 3 heterocycles. The van der Waals surface area contributed by atoms with E-state index in [-0.39, 0.29) is 0 Å². The molecule has 0 amide bonds. The number of fused-ring (bicyclic) bond motifs is 7. The number of hydrogen-bond donors (Lipinski definition) is 0. The lowest BCUT2D eigenvalue weighted by atomic mass is 10.0. The number of furan rings is 1. The topological polar surface area (TPSA) is 56.7 Å². The largest absolute Gasteiger partial charge is 0.456 e. The molecule has 11 aromatic rings. The average Bonchev–Trinajstić information content (AvgIpc) is 3.77. The fourth-order valence-electron chi connectivity index (χ4n) is 7.77. The highest BCUT2D eigenvalue weighted by atomic mass is 16.3. The maximum atomic E-state index is 6.52. The Morgan fingerprint density at radius 2 is 0.907 bits per heavy atom. The van der Waals surface area contributed by atoms with Crippen molar-refractivity contribution in [1.82, 2.24) is 19.5 Å². The molecular formula is C49H30N4O. The van der Waals surface area contributed by atoms with Crippen LogP contribution in [0.1, 0.15) is 0 Å². The Hall–Kier alpha value is -7.37. The van der Waals surface area contributed by atoms with E-state index in [2.05, 4.69) is 144 Å². The maximum absolute atomic E-state index is 6.52. The van der Waals surface area contributed by atoms with Crippen LogP contribution in [-0.2, 0) is 0 Å². The first-order valence-corrected chi connectivity index (χ1v) is 18.1. The van der Waals surface area contributed by atoms with E-state index in [1.165, 1.54) is 38.1 Å². The predicted molar refractivity (Wildman–Crippen MR) is 221 cm³/mol. The van der Waals surface area contributed by atoms with Crippen LogP contribution < -0.4 is 0 Å². The van der Waals surface area contributed by atoms with Crippen molar-refractivity contribution in [3.8, 4) is 51.0 Å². The first-order chi connectivity index (χ1) is 26.7. The molecule has 0 saturated carbocycles. The highest BCUT2D eigenvalue weighted by molar-refractivity contribution is 6.14. The Morgan fingerprint density at radius 1 is 0.333 bits per heavy atom. The van der Waals surface area contributed by atoms with Crippen LogP contribution in [0.3, 0.4) is 0 Å². The van der Waals surface area contributed by atoms with Crippen LogP contribution in [-0.4, -0.2) is 19.5 Å². The van der Waals surface area contributed by atoms with Gasteiger partial charge < -0.3 is 8.98 Å². The molecule has 5 nitrogen and oxygen atoms in total. The van der Waals surface area contributed by atoms with Gasteiger partial charge in [-0.3, -0.25) is 0 Å². The summed E-state index contributed by atoms with van der Waals surface area (Å²) in [6, 6.07) is 63.4. The number of aromatic nitrogens is 4. The zero-order valence-electron chi connectivity index (χ0n) is 29.0. The molecule has 0 aliphatic heterocycles. The molecule has 0 N–H and O–H groups in total. The first-order valence-electron chi connectivity index (χ1n) is 18.1. The summed E-state index contributed by atoms with van der Waals surface area (Å²) >= 11 is 0. The van der Waals surface area contributed by atoms with E-state index in [1.54, 1.807) is 0 Å². The summed E-state index contributed by atoms with van der Waals surface area (Å²) in [4.78, 5) is 15.0. The van der Waals surface area contributed by atoms with E-state index in [9.17, 15) is 0 Å². The van der Waals surface area contributed by atoms with Crippen LogP contribution in [0.25, 0.3) is 105 Å².